The monoisotopic (exact) mass is 313 g/mol. The third-order valence-electron chi connectivity index (χ3n) is 2.78. The summed E-state index contributed by atoms with van der Waals surface area (Å²) < 4.78 is 0. The molecule has 0 aromatic rings. The van der Waals surface area contributed by atoms with Crippen LogP contribution in [0.1, 0.15) is 41.5 Å². The summed E-state index contributed by atoms with van der Waals surface area (Å²) in [6.45, 7) is 12.5. The third-order valence-corrected chi connectivity index (χ3v) is 2.78. The lowest BCUT2D eigenvalue weighted by molar-refractivity contribution is -0.128. The highest BCUT2D eigenvalue weighted by atomic mass is 16.2. The Labute approximate surface area is 133 Å². The van der Waals surface area contributed by atoms with Crippen molar-refractivity contribution in [3.63, 3.8) is 0 Å². The van der Waals surface area contributed by atoms with Crippen molar-refractivity contribution in [1.82, 2.24) is 21.3 Å². The molecule has 7 nitrogen and oxygen atoms in total. The van der Waals surface area contributed by atoms with Crippen LogP contribution in [0.5, 0.6) is 0 Å². The number of carbonyl (C=O) groups excluding carboxylic acids is 2. The van der Waals surface area contributed by atoms with Gasteiger partial charge >= 0.3 is 0 Å². The zero-order valence-corrected chi connectivity index (χ0v) is 14.9. The minimum atomic E-state index is -0.571. The first-order chi connectivity index (χ1) is 10.0. The number of rotatable bonds is 6. The summed E-state index contributed by atoms with van der Waals surface area (Å²) >= 11 is 0. The van der Waals surface area contributed by atoms with E-state index in [2.05, 4.69) is 26.3 Å². The van der Waals surface area contributed by atoms with Gasteiger partial charge in [0.1, 0.15) is 6.54 Å². The van der Waals surface area contributed by atoms with Gasteiger partial charge in [-0.3, -0.25) is 9.59 Å². The molecule has 22 heavy (non-hydrogen) atoms. The number of guanidine groups is 1. The number of amides is 2. The fourth-order valence-corrected chi connectivity index (χ4v) is 1.67. The second-order valence-electron chi connectivity index (χ2n) is 6.81. The van der Waals surface area contributed by atoms with E-state index in [1.807, 2.05) is 41.5 Å². The summed E-state index contributed by atoms with van der Waals surface area (Å²) in [5, 5.41) is 11.6. The average molecular weight is 313 g/mol. The molecular weight excluding hydrogens is 282 g/mol. The summed E-state index contributed by atoms with van der Waals surface area (Å²) in [7, 11) is 1.61. The van der Waals surface area contributed by atoms with Gasteiger partial charge in [0.15, 0.2) is 5.96 Å². The molecule has 0 aliphatic heterocycles. The van der Waals surface area contributed by atoms with E-state index in [9.17, 15) is 9.59 Å². The van der Waals surface area contributed by atoms with Crippen molar-refractivity contribution in [1.29, 1.82) is 0 Å². The number of hydrogen-bond donors (Lipinski definition) is 4. The number of nitrogens with zero attached hydrogens (tertiary/aromatic N) is 1. The van der Waals surface area contributed by atoms with Gasteiger partial charge in [0.2, 0.25) is 11.8 Å². The maximum absolute atomic E-state index is 11.8. The van der Waals surface area contributed by atoms with Crippen molar-refractivity contribution in [2.24, 2.45) is 10.4 Å². The molecule has 0 bridgehead atoms. The summed E-state index contributed by atoms with van der Waals surface area (Å²) in [5.74, 6) is 0.320. The Morgan fingerprint density at radius 3 is 2.09 bits per heavy atom. The average Bonchev–Trinajstić information content (AvgIpc) is 2.39. The molecule has 4 N–H and O–H groups in total. The predicted octanol–water partition coefficient (Wildman–Crippen LogP) is 0.228. The second kappa shape index (κ2) is 8.60. The Kier molecular flexibility index (Phi) is 7.90. The molecule has 0 spiro atoms. The number of aliphatic imine (C=N–C) groups is 1. The lowest BCUT2D eigenvalue weighted by atomic mass is 9.92. The quantitative estimate of drug-likeness (QED) is 0.417. The highest BCUT2D eigenvalue weighted by molar-refractivity contribution is 5.86. The summed E-state index contributed by atoms with van der Waals surface area (Å²) in [6.07, 6.45) is 0. The van der Waals surface area contributed by atoms with E-state index >= 15 is 0 Å². The zero-order chi connectivity index (χ0) is 17.4. The standard InChI is InChI=1S/C15H31N5O2/c1-8-17-13(18-9-11(21)20-14(2,3)4)19-10-15(5,6)12(22)16-7/h8-10H2,1-7H3,(H,16,22)(H,20,21)(H2,17,18,19). The van der Waals surface area contributed by atoms with Crippen LogP contribution in [0, 0.1) is 5.41 Å². The fourth-order valence-electron chi connectivity index (χ4n) is 1.67. The molecule has 0 saturated heterocycles. The van der Waals surface area contributed by atoms with Crippen molar-refractivity contribution in [2.75, 3.05) is 26.7 Å². The number of hydrogen-bond acceptors (Lipinski definition) is 3. The molecule has 0 aliphatic rings. The van der Waals surface area contributed by atoms with E-state index in [1.54, 1.807) is 7.05 Å². The molecule has 2 amide bonds. The van der Waals surface area contributed by atoms with E-state index in [4.69, 9.17) is 0 Å². The molecule has 128 valence electrons. The topological polar surface area (TPSA) is 94.6 Å². The molecule has 0 aromatic carbocycles. The highest BCUT2D eigenvalue weighted by Gasteiger charge is 2.26. The van der Waals surface area contributed by atoms with Crippen molar-refractivity contribution < 1.29 is 9.59 Å². The van der Waals surface area contributed by atoms with Crippen LogP contribution in [-0.4, -0.2) is 50.0 Å². The van der Waals surface area contributed by atoms with Gasteiger partial charge in [-0.05, 0) is 41.5 Å². The Morgan fingerprint density at radius 2 is 1.64 bits per heavy atom. The Morgan fingerprint density at radius 1 is 1.05 bits per heavy atom. The Hall–Kier alpha value is -1.79. The van der Waals surface area contributed by atoms with Gasteiger partial charge < -0.3 is 21.3 Å². The number of nitrogens with one attached hydrogen (secondary N) is 4. The molecule has 0 heterocycles. The molecule has 0 unspecified atom stereocenters. The molecule has 7 heteroatoms. The first-order valence-corrected chi connectivity index (χ1v) is 7.57. The van der Waals surface area contributed by atoms with E-state index in [0.717, 1.165) is 0 Å². The lowest BCUT2D eigenvalue weighted by Gasteiger charge is -2.24. The van der Waals surface area contributed by atoms with Crippen LogP contribution in [0.2, 0.25) is 0 Å². The van der Waals surface area contributed by atoms with Gasteiger partial charge in [0, 0.05) is 25.7 Å². The Bertz CT molecular complexity index is 411. The van der Waals surface area contributed by atoms with Crippen molar-refractivity contribution in [3.05, 3.63) is 0 Å². The molecule has 0 aliphatic carbocycles. The first kappa shape index (κ1) is 20.2. The molecule has 0 radical (unpaired) electrons. The summed E-state index contributed by atoms with van der Waals surface area (Å²) in [4.78, 5) is 27.8. The lowest BCUT2D eigenvalue weighted by Crippen LogP contribution is -2.48. The maximum atomic E-state index is 11.8. The smallest absolute Gasteiger partial charge is 0.242 e. The van der Waals surface area contributed by atoms with Gasteiger partial charge in [0.05, 0.1) is 5.41 Å². The van der Waals surface area contributed by atoms with Crippen LogP contribution in [0.4, 0.5) is 0 Å². The van der Waals surface area contributed by atoms with Crippen LogP contribution in [-0.2, 0) is 9.59 Å². The fraction of sp³-hybridized carbons (Fsp3) is 0.800. The van der Waals surface area contributed by atoms with Crippen LogP contribution in [0.15, 0.2) is 4.99 Å². The van der Waals surface area contributed by atoms with Gasteiger partial charge in [-0.2, -0.15) is 0 Å². The molecule has 0 rings (SSSR count). The van der Waals surface area contributed by atoms with Crippen LogP contribution in [0.3, 0.4) is 0 Å². The third kappa shape index (κ3) is 8.49. The zero-order valence-electron chi connectivity index (χ0n) is 14.9. The largest absolute Gasteiger partial charge is 0.359 e. The SMILES string of the molecule is CCNC(=NCC(=O)NC(C)(C)C)NCC(C)(C)C(=O)NC. The van der Waals surface area contributed by atoms with Gasteiger partial charge in [-0.25, -0.2) is 4.99 Å². The molecule has 0 aromatic heterocycles. The minimum absolute atomic E-state index is 0.0347. The van der Waals surface area contributed by atoms with Gasteiger partial charge in [-0.1, -0.05) is 0 Å². The van der Waals surface area contributed by atoms with Crippen LogP contribution in [0.25, 0.3) is 0 Å². The number of carbonyl (C=O) groups is 2. The van der Waals surface area contributed by atoms with Crippen molar-refractivity contribution in [3.8, 4) is 0 Å². The molecule has 0 saturated carbocycles. The molecule has 0 atom stereocenters. The van der Waals surface area contributed by atoms with E-state index in [0.29, 0.717) is 19.0 Å². The van der Waals surface area contributed by atoms with E-state index in [-0.39, 0.29) is 23.9 Å². The maximum Gasteiger partial charge on any atom is 0.242 e. The van der Waals surface area contributed by atoms with Crippen molar-refractivity contribution >= 4 is 17.8 Å². The van der Waals surface area contributed by atoms with E-state index in [1.165, 1.54) is 0 Å². The molecular formula is C15H31N5O2. The predicted molar refractivity (Wildman–Crippen MR) is 89.7 cm³/mol. The normalized spacial score (nSPS) is 12.6. The summed E-state index contributed by atoms with van der Waals surface area (Å²) in [5.41, 5.74) is -0.849. The Balaban J connectivity index is 4.63. The first-order valence-electron chi connectivity index (χ1n) is 7.57. The van der Waals surface area contributed by atoms with Crippen LogP contribution >= 0.6 is 0 Å². The molecule has 0 fully saturated rings. The van der Waals surface area contributed by atoms with Crippen molar-refractivity contribution in [2.45, 2.75) is 47.1 Å². The second-order valence-corrected chi connectivity index (χ2v) is 6.81. The van der Waals surface area contributed by atoms with Crippen LogP contribution < -0.4 is 21.3 Å². The van der Waals surface area contributed by atoms with Gasteiger partial charge in [-0.15, -0.1) is 0 Å². The highest BCUT2D eigenvalue weighted by Crippen LogP contribution is 2.12. The van der Waals surface area contributed by atoms with E-state index < -0.39 is 5.41 Å². The van der Waals surface area contributed by atoms with Gasteiger partial charge in [0.25, 0.3) is 0 Å². The minimum Gasteiger partial charge on any atom is -0.359 e. The summed E-state index contributed by atoms with van der Waals surface area (Å²) in [6, 6.07) is 0.